The Bertz CT molecular complexity index is 5760. The highest BCUT2D eigenvalue weighted by Crippen LogP contribution is 2.65. The van der Waals surface area contributed by atoms with Crippen LogP contribution >= 0.6 is 0 Å². The number of aromatic nitrogens is 1. The number of para-hydroxylation sites is 6. The van der Waals surface area contributed by atoms with Crippen molar-refractivity contribution in [2.75, 3.05) is 4.90 Å². The number of aromatic amines is 1. The highest BCUT2D eigenvalue weighted by Gasteiger charge is 2.51. The Morgan fingerprint density at radius 3 is 1.81 bits per heavy atom. The van der Waals surface area contributed by atoms with Gasteiger partial charge in [0.05, 0.1) is 16.6 Å². The zero-order valence-electron chi connectivity index (χ0n) is 47.7. The number of nitrogens with zero attached hydrogens (tertiary/aromatic N) is 1. The Balaban J connectivity index is 0.958. The molecule has 19 rings (SSSR count). The maximum absolute atomic E-state index is 7.44. The molecule has 1 unspecified atom stereocenters. The minimum Gasteiger partial charge on any atom is -0.456 e. The van der Waals surface area contributed by atoms with E-state index in [9.17, 15) is 0 Å². The minimum atomic E-state index is -0.916. The zero-order chi connectivity index (χ0) is 57.6. The lowest BCUT2D eigenvalue weighted by Gasteiger charge is -2.36. The van der Waals surface area contributed by atoms with Crippen LogP contribution in [0.5, 0.6) is 0 Å². The summed E-state index contributed by atoms with van der Waals surface area (Å²) in [5.41, 5.74) is 26.4. The molecule has 13 aromatic carbocycles. The molecule has 0 saturated heterocycles. The van der Waals surface area contributed by atoms with Crippen LogP contribution in [0.3, 0.4) is 0 Å². The van der Waals surface area contributed by atoms with Crippen molar-refractivity contribution in [2.24, 2.45) is 0 Å². The van der Waals surface area contributed by atoms with Crippen molar-refractivity contribution in [3.05, 3.63) is 329 Å². The fourth-order valence-corrected chi connectivity index (χ4v) is 15.5. The summed E-state index contributed by atoms with van der Waals surface area (Å²) in [6.45, 7) is 0. The van der Waals surface area contributed by atoms with Crippen molar-refractivity contribution in [3.8, 4) is 22.3 Å². The first-order valence-electron chi connectivity index (χ1n) is 30.4. The van der Waals surface area contributed by atoms with Gasteiger partial charge in [-0.3, -0.25) is 0 Å². The molecule has 412 valence electrons. The van der Waals surface area contributed by atoms with Gasteiger partial charge in [-0.25, -0.2) is 0 Å². The van der Waals surface area contributed by atoms with Crippen LogP contribution < -0.4 is 4.90 Å². The van der Waals surface area contributed by atoms with E-state index in [1.165, 1.54) is 66.4 Å². The molecule has 5 heteroatoms. The van der Waals surface area contributed by atoms with Crippen LogP contribution in [0.15, 0.2) is 292 Å². The molecule has 2 aliphatic rings. The van der Waals surface area contributed by atoms with E-state index in [4.69, 9.17) is 13.3 Å². The monoisotopic (exact) mass is 1120 g/mol. The number of hydrogen-bond acceptors (Lipinski definition) is 4. The first-order valence-corrected chi connectivity index (χ1v) is 30.4. The first-order chi connectivity index (χ1) is 43.6. The van der Waals surface area contributed by atoms with Crippen molar-refractivity contribution in [2.45, 2.75) is 18.3 Å². The van der Waals surface area contributed by atoms with E-state index in [1.807, 2.05) is 12.1 Å². The van der Waals surface area contributed by atoms with Crippen LogP contribution in [0.25, 0.3) is 122 Å². The average molecular weight is 1130 g/mol. The number of hydrogen-bond donors (Lipinski definition) is 1. The molecule has 2 aliphatic carbocycles. The second-order valence-electron chi connectivity index (χ2n) is 23.8. The summed E-state index contributed by atoms with van der Waals surface area (Å²) in [7, 11) is 0. The third-order valence-electron chi connectivity index (χ3n) is 19.1. The normalized spacial score (nSPS) is 14.5. The van der Waals surface area contributed by atoms with Crippen LogP contribution in [-0.4, -0.2) is 4.98 Å². The quantitative estimate of drug-likeness (QED) is 0.146. The average Bonchev–Trinajstić information content (AvgIpc) is 1.52. The molecule has 5 nitrogen and oxygen atoms in total. The van der Waals surface area contributed by atoms with E-state index in [0.717, 1.165) is 123 Å². The molecule has 1 atom stereocenters. The van der Waals surface area contributed by atoms with Crippen molar-refractivity contribution < 1.29 is 13.3 Å². The number of nitrogens with one attached hydrogen (secondary N) is 1. The van der Waals surface area contributed by atoms with Gasteiger partial charge in [0.15, 0.2) is 0 Å². The largest absolute Gasteiger partial charge is 0.456 e. The van der Waals surface area contributed by atoms with E-state index in [0.29, 0.717) is 6.42 Å². The molecule has 0 bridgehead atoms. The molecular formula is C83H52N2O3. The summed E-state index contributed by atoms with van der Waals surface area (Å²) < 4.78 is 20.7. The Labute approximate surface area is 506 Å². The van der Waals surface area contributed by atoms with Gasteiger partial charge in [-0.15, -0.1) is 0 Å². The number of allylic oxidation sites excluding steroid dienone is 1. The second-order valence-corrected chi connectivity index (χ2v) is 23.8. The zero-order valence-corrected chi connectivity index (χ0v) is 47.7. The van der Waals surface area contributed by atoms with Gasteiger partial charge in [-0.1, -0.05) is 206 Å². The number of furan rings is 3. The van der Waals surface area contributed by atoms with Gasteiger partial charge in [0, 0.05) is 83.6 Å². The van der Waals surface area contributed by atoms with Gasteiger partial charge in [0.1, 0.15) is 33.5 Å². The first kappa shape index (κ1) is 48.9. The highest BCUT2D eigenvalue weighted by atomic mass is 16.3. The summed E-state index contributed by atoms with van der Waals surface area (Å²) in [6, 6.07) is 102. The van der Waals surface area contributed by atoms with Gasteiger partial charge in [0.2, 0.25) is 0 Å². The standard InChI is InChI=1S/C83H52N2O3/c1-4-21-51(22-5-1)53(43-50-39-41-62-60-30-13-17-36-72(60)86-75(62)44-50)45-54-47-68-80(79-65-32-15-19-38-74(65)88-82(54)79)78-66-46-52-23-10-11-28-58(52)77(66)71(85(56-26-8-3-9-27-56)57-40-42-63-61-31-14-18-37-73(61)87-76(63)48-57)49-69(78)83(68,55-24-6-2-7-25-55)67-34-20-33-64-59-29-12-16-35-70(59)84-81(64)67/h1-44,47-49,84H,45-46H2/b53-43-. The minimum absolute atomic E-state index is 0.574. The number of fused-ring (bicyclic) bond motifs is 20. The Morgan fingerprint density at radius 2 is 1.03 bits per heavy atom. The smallest absolute Gasteiger partial charge is 0.139 e. The molecule has 17 aromatic rings. The summed E-state index contributed by atoms with van der Waals surface area (Å²) >= 11 is 0. The molecule has 0 fully saturated rings. The molecule has 0 saturated carbocycles. The van der Waals surface area contributed by atoms with Gasteiger partial charge < -0.3 is 23.1 Å². The third kappa shape index (κ3) is 7.04. The van der Waals surface area contributed by atoms with E-state index in [-0.39, 0.29) is 0 Å². The lowest BCUT2D eigenvalue weighted by atomic mass is 9.66. The topological polar surface area (TPSA) is 58.5 Å². The highest BCUT2D eigenvalue weighted by molar-refractivity contribution is 6.20. The molecule has 4 aromatic heterocycles. The van der Waals surface area contributed by atoms with Gasteiger partial charge in [-0.05, 0) is 146 Å². The number of rotatable bonds is 9. The third-order valence-corrected chi connectivity index (χ3v) is 19.1. The molecule has 1 N–H and O–H groups in total. The van der Waals surface area contributed by atoms with Crippen LogP contribution in [0, 0.1) is 0 Å². The maximum atomic E-state index is 7.44. The Kier molecular flexibility index (Phi) is 10.5. The predicted molar refractivity (Wildman–Crippen MR) is 362 cm³/mol. The van der Waals surface area contributed by atoms with Crippen LogP contribution in [0.1, 0.15) is 50.1 Å². The van der Waals surface area contributed by atoms with Crippen molar-refractivity contribution >= 4 is 116 Å². The van der Waals surface area contributed by atoms with Crippen LogP contribution in [0.2, 0.25) is 0 Å². The van der Waals surface area contributed by atoms with E-state index >= 15 is 0 Å². The fourth-order valence-electron chi connectivity index (χ4n) is 15.5. The van der Waals surface area contributed by atoms with Gasteiger partial charge in [-0.2, -0.15) is 0 Å². The van der Waals surface area contributed by atoms with Gasteiger partial charge >= 0.3 is 0 Å². The van der Waals surface area contributed by atoms with E-state index < -0.39 is 5.41 Å². The molecular weight excluding hydrogens is 1070 g/mol. The predicted octanol–water partition coefficient (Wildman–Crippen LogP) is 22.2. The molecule has 0 amide bonds. The van der Waals surface area contributed by atoms with Crippen molar-refractivity contribution in [3.63, 3.8) is 0 Å². The second kappa shape index (κ2) is 18.8. The molecule has 4 heterocycles. The van der Waals surface area contributed by atoms with Crippen LogP contribution in [-0.2, 0) is 18.3 Å². The SMILES string of the molecule is C(=C(\Cc1cc2c(c3c1oc1ccccc13)-c1c(cc(N(c3ccccc3)c3ccc4c(c3)oc3ccccc34)c3c1Cc1ccccc1-3)C2(c1ccccc1)c1cccc2c1[nH]c1ccccc12)c1ccccc1)/c1ccc2c(c1)oc1ccccc12. The summed E-state index contributed by atoms with van der Waals surface area (Å²) in [6.07, 6.45) is 3.67. The molecule has 0 spiro atoms. The lowest BCUT2D eigenvalue weighted by molar-refractivity contribution is 0.664. The molecule has 0 aliphatic heterocycles. The summed E-state index contributed by atoms with van der Waals surface area (Å²) in [4.78, 5) is 6.58. The Hall–Kier alpha value is -11.4. The fraction of sp³-hybridized carbons (Fsp3) is 0.0361. The van der Waals surface area contributed by atoms with Crippen molar-refractivity contribution in [1.82, 2.24) is 4.98 Å². The van der Waals surface area contributed by atoms with Crippen molar-refractivity contribution in [1.29, 1.82) is 0 Å². The summed E-state index contributed by atoms with van der Waals surface area (Å²) in [5, 5.41) is 9.01. The Morgan fingerprint density at radius 1 is 0.432 bits per heavy atom. The molecule has 0 radical (unpaired) electrons. The number of benzene rings is 13. The van der Waals surface area contributed by atoms with E-state index in [2.05, 4.69) is 283 Å². The number of H-pyrrole nitrogens is 1. The van der Waals surface area contributed by atoms with Crippen LogP contribution in [0.4, 0.5) is 17.1 Å². The maximum Gasteiger partial charge on any atom is 0.139 e. The number of anilines is 3. The van der Waals surface area contributed by atoms with E-state index in [1.54, 1.807) is 0 Å². The van der Waals surface area contributed by atoms with Gasteiger partial charge in [0.25, 0.3) is 0 Å². The lowest BCUT2D eigenvalue weighted by Crippen LogP contribution is -2.29. The molecule has 88 heavy (non-hydrogen) atoms. The summed E-state index contributed by atoms with van der Waals surface area (Å²) in [5.74, 6) is 0.